The molecule has 0 aliphatic heterocycles. The van der Waals surface area contributed by atoms with Gasteiger partial charge in [-0.05, 0) is 21.1 Å². The Morgan fingerprint density at radius 2 is 0.875 bits per heavy atom. The molecule has 1 radical (unpaired) electrons. The molecule has 0 spiro atoms. The van der Waals surface area contributed by atoms with E-state index >= 15 is 0 Å². The fourth-order valence-corrected chi connectivity index (χ4v) is 0. The average molecular weight is 193 g/mol. The van der Waals surface area contributed by atoms with Crippen LogP contribution in [-0.2, 0) is 0 Å². The number of rotatable bonds is 0. The zero-order valence-corrected chi connectivity index (χ0v) is 8.67. The second-order valence-corrected chi connectivity index (χ2v) is 1.34. The van der Waals surface area contributed by atoms with E-state index in [1.54, 1.807) is 0 Å². The second-order valence-electron chi connectivity index (χ2n) is 1.34. The first-order valence-corrected chi connectivity index (χ1v) is 1.34. The van der Waals surface area contributed by atoms with E-state index in [2.05, 4.69) is 0 Å². The van der Waals surface area contributed by atoms with Gasteiger partial charge in [0.2, 0.25) is 0 Å². The summed E-state index contributed by atoms with van der Waals surface area (Å²) in [7, 11) is 6.00. The van der Waals surface area contributed by atoms with Crippen LogP contribution >= 0.6 is 12.4 Å². The van der Waals surface area contributed by atoms with Crippen LogP contribution in [0.2, 0.25) is 0 Å². The molecule has 5 heteroatoms. The van der Waals surface area contributed by atoms with Crippen LogP contribution in [0.25, 0.3) is 0 Å². The third kappa shape index (κ3) is 161. The molecule has 0 heterocycles. The van der Waals surface area contributed by atoms with Gasteiger partial charge >= 0.3 is 17.4 Å². The summed E-state index contributed by atoms with van der Waals surface area (Å²) in [5, 5.41) is 0. The first-order chi connectivity index (χ1) is 1.73. The molecule has 0 bridgehead atoms. The van der Waals surface area contributed by atoms with E-state index in [0.717, 1.165) is 0 Å². The predicted octanol–water partition coefficient (Wildman–Crippen LogP) is -5.77. The van der Waals surface area contributed by atoms with Crippen LogP contribution in [0.15, 0.2) is 0 Å². The van der Waals surface area contributed by atoms with Gasteiger partial charge in [0.15, 0.2) is 0 Å². The molecule has 0 amide bonds. The summed E-state index contributed by atoms with van der Waals surface area (Å²) in [4.78, 5) is 2.00. The molecule has 0 saturated carbocycles. The molecule has 0 aromatic carbocycles. The zero-order valence-electron chi connectivity index (χ0n) is 5.19. The van der Waals surface area contributed by atoms with Gasteiger partial charge in [-0.25, -0.2) is 0 Å². The fourth-order valence-electron chi connectivity index (χ4n) is 0. The maximum Gasteiger partial charge on any atom is 2.00 e. The van der Waals surface area contributed by atoms with Crippen LogP contribution in [0.5, 0.6) is 0 Å². The quantitative estimate of drug-likeness (QED) is 0.347. The Balaban J connectivity index is -0.00000000750. The number of nitrogens with zero attached hydrogens (tertiary/aromatic N) is 1. The molecule has 0 fully saturated rings. The Bertz CT molecular complexity index is 19.2. The van der Waals surface area contributed by atoms with Crippen molar-refractivity contribution in [3.05, 3.63) is 0 Å². The molecular weight excluding hydrogens is 183 g/mol. The van der Waals surface area contributed by atoms with Crippen LogP contribution in [0.3, 0.4) is 0 Å². The fraction of sp³-hybridized carbons (Fsp3) is 1.00. The molecule has 1 nitrogen and oxygen atoms in total. The summed E-state index contributed by atoms with van der Waals surface area (Å²) in [6.45, 7) is 0. The van der Waals surface area contributed by atoms with Gasteiger partial charge in [0.25, 0.3) is 0 Å². The molecule has 0 atom stereocenters. The van der Waals surface area contributed by atoms with Gasteiger partial charge in [-0.15, -0.1) is 12.4 Å². The maximum absolute atomic E-state index is 2.00. The average Bonchev–Trinajstić information content (AvgIpc) is 0.811. The van der Waals surface area contributed by atoms with Crippen molar-refractivity contribution in [2.24, 2.45) is 0 Å². The minimum absolute atomic E-state index is 0. The summed E-state index contributed by atoms with van der Waals surface area (Å²) < 4.78 is 0. The minimum atomic E-state index is 0. The summed E-state index contributed by atoms with van der Waals surface area (Å²) in [6.07, 6.45) is 0. The minimum Gasteiger partial charge on any atom is -1.00 e. The molecular formula is C3H10AlCl3N. The first kappa shape index (κ1) is 34.4. The summed E-state index contributed by atoms with van der Waals surface area (Å²) in [5.41, 5.74) is 0. The van der Waals surface area contributed by atoms with Crippen molar-refractivity contribution >= 4 is 29.8 Å². The zero-order chi connectivity index (χ0) is 3.58. The van der Waals surface area contributed by atoms with Crippen LogP contribution in [0.1, 0.15) is 0 Å². The summed E-state index contributed by atoms with van der Waals surface area (Å²) >= 11 is 0. The van der Waals surface area contributed by atoms with Crippen LogP contribution in [-0.4, -0.2) is 43.4 Å². The van der Waals surface area contributed by atoms with Gasteiger partial charge in [-0.3, -0.25) is 0 Å². The van der Waals surface area contributed by atoms with Crippen molar-refractivity contribution in [2.75, 3.05) is 21.1 Å². The largest absolute Gasteiger partial charge is 2.00 e. The maximum atomic E-state index is 2.00. The Morgan fingerprint density at radius 1 is 0.875 bits per heavy atom. The Hall–Kier alpha value is 1.36. The third-order valence-electron chi connectivity index (χ3n) is 0. The normalized spacial score (nSPS) is 4.50. The molecule has 0 aromatic rings. The Labute approximate surface area is 80.6 Å². The molecule has 0 aliphatic rings. The standard InChI is InChI=1S/C3H9N.Al.3ClH/c1-4(2)3;;;;/h1-3H3;;3*1H/q;+2;;;/p-2. The van der Waals surface area contributed by atoms with Gasteiger partial charge in [0.1, 0.15) is 0 Å². The smallest absolute Gasteiger partial charge is 1.00 e. The van der Waals surface area contributed by atoms with Crippen molar-refractivity contribution in [3.63, 3.8) is 0 Å². The van der Waals surface area contributed by atoms with Gasteiger partial charge in [-0.2, -0.15) is 0 Å². The van der Waals surface area contributed by atoms with Gasteiger partial charge < -0.3 is 29.7 Å². The van der Waals surface area contributed by atoms with Gasteiger partial charge in [-0.1, -0.05) is 0 Å². The molecule has 0 rings (SSSR count). The summed E-state index contributed by atoms with van der Waals surface area (Å²) in [6, 6.07) is 0. The van der Waals surface area contributed by atoms with E-state index in [4.69, 9.17) is 0 Å². The molecule has 0 N–H and O–H groups in total. The van der Waals surface area contributed by atoms with Crippen LogP contribution in [0.4, 0.5) is 0 Å². The molecule has 0 aliphatic carbocycles. The van der Waals surface area contributed by atoms with Crippen molar-refractivity contribution in [1.29, 1.82) is 0 Å². The molecule has 0 aromatic heterocycles. The van der Waals surface area contributed by atoms with E-state index in [-0.39, 0.29) is 54.6 Å². The molecule has 51 valence electrons. The molecule has 8 heavy (non-hydrogen) atoms. The van der Waals surface area contributed by atoms with Crippen molar-refractivity contribution in [1.82, 2.24) is 4.90 Å². The third-order valence-corrected chi connectivity index (χ3v) is 0. The molecule has 0 unspecified atom stereocenters. The van der Waals surface area contributed by atoms with E-state index in [9.17, 15) is 0 Å². The SMILES string of the molecule is CN(C)C.Cl.[Al+2].[Cl-].[Cl-]. The van der Waals surface area contributed by atoms with Gasteiger partial charge in [0, 0.05) is 0 Å². The predicted molar refractivity (Wildman–Crippen MR) is 32.6 cm³/mol. The summed E-state index contributed by atoms with van der Waals surface area (Å²) in [5.74, 6) is 0. The molecule has 0 saturated heterocycles. The topological polar surface area (TPSA) is 3.24 Å². The second kappa shape index (κ2) is 23.8. The number of hydrogen-bond donors (Lipinski definition) is 0. The number of hydrogen-bond acceptors (Lipinski definition) is 1. The van der Waals surface area contributed by atoms with Gasteiger partial charge in [0.05, 0.1) is 0 Å². The van der Waals surface area contributed by atoms with Crippen molar-refractivity contribution in [3.8, 4) is 0 Å². The van der Waals surface area contributed by atoms with Crippen LogP contribution < -0.4 is 24.8 Å². The van der Waals surface area contributed by atoms with Crippen molar-refractivity contribution in [2.45, 2.75) is 0 Å². The number of halogens is 3. The van der Waals surface area contributed by atoms with Crippen LogP contribution in [0, 0.1) is 0 Å². The van der Waals surface area contributed by atoms with Crippen molar-refractivity contribution < 1.29 is 24.8 Å². The Kier molecular flexibility index (Phi) is 102. The van der Waals surface area contributed by atoms with E-state index in [0.29, 0.717) is 0 Å². The Morgan fingerprint density at radius 3 is 0.875 bits per heavy atom. The monoisotopic (exact) mass is 192 g/mol. The van der Waals surface area contributed by atoms with E-state index in [1.807, 2.05) is 26.0 Å². The van der Waals surface area contributed by atoms with E-state index in [1.165, 1.54) is 0 Å². The van der Waals surface area contributed by atoms with E-state index < -0.39 is 0 Å². The first-order valence-electron chi connectivity index (χ1n) is 1.34.